The standard InChI is InChI=1S/C48H31NO/c1-2-13-32(14-3-1)33-25-27-34(28-26-33)49(45-22-12-24-47-48(45)43-21-10-11-23-46(43)50-47)35-29-30-42-40-19-7-6-17-38(40)36-15-4-5-16-37(36)39-18-8-9-20-41(39)44(42)31-35/h1-31H. The maximum Gasteiger partial charge on any atom is 0.137 e. The van der Waals surface area contributed by atoms with E-state index >= 15 is 0 Å². The SMILES string of the molecule is c1ccc(-c2ccc(N(c3ccc4c(c3)-c3ccccc3-c3ccccc3-c3ccccc3-4)c3cccc4oc5ccccc5c34)cc2)cc1. The Balaban J connectivity index is 1.24. The predicted molar refractivity (Wildman–Crippen MR) is 209 cm³/mol. The third-order valence-electron chi connectivity index (χ3n) is 10.1. The normalized spacial score (nSPS) is 11.6. The molecule has 50 heavy (non-hydrogen) atoms. The van der Waals surface area contributed by atoms with Crippen molar-refractivity contribution >= 4 is 39.0 Å². The van der Waals surface area contributed by atoms with Crippen LogP contribution in [-0.4, -0.2) is 0 Å². The van der Waals surface area contributed by atoms with Gasteiger partial charge in [-0.3, -0.25) is 0 Å². The Morgan fingerprint density at radius 1 is 0.320 bits per heavy atom. The number of para-hydroxylation sites is 1. The molecule has 8 aromatic carbocycles. The molecule has 0 spiro atoms. The van der Waals surface area contributed by atoms with E-state index in [4.69, 9.17) is 4.42 Å². The summed E-state index contributed by atoms with van der Waals surface area (Å²) < 4.78 is 6.41. The maximum absolute atomic E-state index is 6.41. The fourth-order valence-electron chi connectivity index (χ4n) is 7.79. The molecule has 1 aliphatic carbocycles. The molecule has 1 aromatic heterocycles. The minimum atomic E-state index is 0.872. The van der Waals surface area contributed by atoms with Crippen molar-refractivity contribution in [1.29, 1.82) is 0 Å². The molecule has 1 aliphatic rings. The van der Waals surface area contributed by atoms with Crippen molar-refractivity contribution in [2.24, 2.45) is 0 Å². The lowest BCUT2D eigenvalue weighted by molar-refractivity contribution is 0.669. The monoisotopic (exact) mass is 637 g/mol. The molecule has 0 unspecified atom stereocenters. The fourth-order valence-corrected chi connectivity index (χ4v) is 7.79. The number of benzene rings is 8. The van der Waals surface area contributed by atoms with Crippen molar-refractivity contribution in [2.45, 2.75) is 0 Å². The molecule has 0 bridgehead atoms. The molecule has 10 rings (SSSR count). The van der Waals surface area contributed by atoms with E-state index in [0.717, 1.165) is 39.0 Å². The van der Waals surface area contributed by atoms with Crippen LogP contribution in [-0.2, 0) is 0 Å². The Labute approximate surface area is 291 Å². The molecule has 0 saturated carbocycles. The van der Waals surface area contributed by atoms with Crippen molar-refractivity contribution < 1.29 is 4.42 Å². The molecule has 0 N–H and O–H groups in total. The lowest BCUT2D eigenvalue weighted by Crippen LogP contribution is -2.11. The van der Waals surface area contributed by atoms with Crippen LogP contribution in [0.25, 0.3) is 77.6 Å². The second-order valence-corrected chi connectivity index (χ2v) is 12.9. The highest BCUT2D eigenvalue weighted by molar-refractivity contribution is 6.13. The third-order valence-corrected chi connectivity index (χ3v) is 10.1. The van der Waals surface area contributed by atoms with Crippen LogP contribution in [0.4, 0.5) is 17.1 Å². The van der Waals surface area contributed by atoms with Crippen LogP contribution in [0.5, 0.6) is 0 Å². The van der Waals surface area contributed by atoms with Crippen LogP contribution in [0.2, 0.25) is 0 Å². The molecule has 9 aromatic rings. The molecule has 0 fully saturated rings. The van der Waals surface area contributed by atoms with Gasteiger partial charge in [0.15, 0.2) is 0 Å². The summed E-state index contributed by atoms with van der Waals surface area (Å²) in [7, 11) is 0. The third kappa shape index (κ3) is 4.50. The first-order chi connectivity index (χ1) is 24.8. The number of fused-ring (bicyclic) bond motifs is 11. The Hall–Kier alpha value is -6.64. The van der Waals surface area contributed by atoms with Gasteiger partial charge in [-0.15, -0.1) is 0 Å². The summed E-state index contributed by atoms with van der Waals surface area (Å²) in [6, 6.07) is 67.6. The molecule has 234 valence electrons. The summed E-state index contributed by atoms with van der Waals surface area (Å²) in [5, 5.41) is 2.20. The van der Waals surface area contributed by atoms with Gasteiger partial charge in [-0.25, -0.2) is 0 Å². The summed E-state index contributed by atoms with van der Waals surface area (Å²) >= 11 is 0. The molecular weight excluding hydrogens is 607 g/mol. The van der Waals surface area contributed by atoms with E-state index in [1.54, 1.807) is 0 Å². The number of rotatable bonds is 4. The zero-order chi connectivity index (χ0) is 33.0. The van der Waals surface area contributed by atoms with Crippen LogP contribution < -0.4 is 4.90 Å². The van der Waals surface area contributed by atoms with E-state index in [1.165, 1.54) is 55.6 Å². The molecule has 0 aliphatic heterocycles. The smallest absolute Gasteiger partial charge is 0.137 e. The highest BCUT2D eigenvalue weighted by Crippen LogP contribution is 2.50. The zero-order valence-corrected chi connectivity index (χ0v) is 27.3. The maximum atomic E-state index is 6.41. The van der Waals surface area contributed by atoms with Gasteiger partial charge in [-0.1, -0.05) is 146 Å². The molecule has 2 heteroatoms. The highest BCUT2D eigenvalue weighted by atomic mass is 16.3. The second-order valence-electron chi connectivity index (χ2n) is 12.9. The summed E-state index contributed by atoms with van der Waals surface area (Å²) in [6.07, 6.45) is 0. The van der Waals surface area contributed by atoms with Gasteiger partial charge in [0.25, 0.3) is 0 Å². The minimum Gasteiger partial charge on any atom is -0.456 e. The van der Waals surface area contributed by atoms with Crippen LogP contribution in [0.3, 0.4) is 0 Å². The van der Waals surface area contributed by atoms with Gasteiger partial charge in [0.2, 0.25) is 0 Å². The average Bonchev–Trinajstić information content (AvgIpc) is 3.58. The number of anilines is 3. The largest absolute Gasteiger partial charge is 0.456 e. The predicted octanol–water partition coefficient (Wildman–Crippen LogP) is 13.7. The molecule has 2 nitrogen and oxygen atoms in total. The van der Waals surface area contributed by atoms with Crippen molar-refractivity contribution in [3.8, 4) is 55.6 Å². The van der Waals surface area contributed by atoms with Gasteiger partial charge in [0.1, 0.15) is 11.2 Å². The van der Waals surface area contributed by atoms with Gasteiger partial charge in [-0.2, -0.15) is 0 Å². The lowest BCUT2D eigenvalue weighted by atomic mass is 9.81. The summed E-state index contributed by atoms with van der Waals surface area (Å²) in [5.74, 6) is 0. The van der Waals surface area contributed by atoms with E-state index in [1.807, 2.05) is 6.07 Å². The Kier molecular flexibility index (Phi) is 6.53. The van der Waals surface area contributed by atoms with Gasteiger partial charge in [0.05, 0.1) is 11.1 Å². The van der Waals surface area contributed by atoms with E-state index in [9.17, 15) is 0 Å². The van der Waals surface area contributed by atoms with Crippen molar-refractivity contribution in [2.75, 3.05) is 4.90 Å². The molecule has 0 amide bonds. The quantitative estimate of drug-likeness (QED) is 0.191. The highest BCUT2D eigenvalue weighted by Gasteiger charge is 2.24. The molecule has 0 saturated heterocycles. The van der Waals surface area contributed by atoms with Gasteiger partial charge in [-0.05, 0) is 98.1 Å². The molecule has 0 radical (unpaired) electrons. The van der Waals surface area contributed by atoms with E-state index in [0.29, 0.717) is 0 Å². The molecule has 0 atom stereocenters. The topological polar surface area (TPSA) is 16.4 Å². The van der Waals surface area contributed by atoms with Gasteiger partial charge >= 0.3 is 0 Å². The van der Waals surface area contributed by atoms with Crippen molar-refractivity contribution in [3.05, 3.63) is 188 Å². The van der Waals surface area contributed by atoms with Crippen LogP contribution >= 0.6 is 0 Å². The number of hydrogen-bond donors (Lipinski definition) is 0. The first-order valence-corrected chi connectivity index (χ1v) is 17.1. The summed E-state index contributed by atoms with van der Waals surface area (Å²) in [6.45, 7) is 0. The molecular formula is C48H31NO. The van der Waals surface area contributed by atoms with Crippen molar-refractivity contribution in [1.82, 2.24) is 0 Å². The number of furan rings is 1. The van der Waals surface area contributed by atoms with Gasteiger partial charge < -0.3 is 9.32 Å². The average molecular weight is 638 g/mol. The van der Waals surface area contributed by atoms with Crippen LogP contribution in [0.15, 0.2) is 192 Å². The van der Waals surface area contributed by atoms with Crippen LogP contribution in [0.1, 0.15) is 0 Å². The number of hydrogen-bond acceptors (Lipinski definition) is 2. The second kappa shape index (κ2) is 11.5. The Bertz CT molecular complexity index is 2700. The van der Waals surface area contributed by atoms with E-state index < -0.39 is 0 Å². The Morgan fingerprint density at radius 2 is 0.800 bits per heavy atom. The fraction of sp³-hybridized carbons (Fsp3) is 0. The summed E-state index contributed by atoms with van der Waals surface area (Å²) in [4.78, 5) is 2.39. The number of nitrogens with zero attached hydrogens (tertiary/aromatic N) is 1. The summed E-state index contributed by atoms with van der Waals surface area (Å²) in [5.41, 5.74) is 17.2. The van der Waals surface area contributed by atoms with E-state index in [2.05, 4.69) is 187 Å². The van der Waals surface area contributed by atoms with Crippen LogP contribution in [0, 0.1) is 0 Å². The minimum absolute atomic E-state index is 0.872. The van der Waals surface area contributed by atoms with E-state index in [-0.39, 0.29) is 0 Å². The first kappa shape index (κ1) is 28.4. The van der Waals surface area contributed by atoms with Crippen molar-refractivity contribution in [3.63, 3.8) is 0 Å². The first-order valence-electron chi connectivity index (χ1n) is 17.1. The van der Waals surface area contributed by atoms with Gasteiger partial charge in [0, 0.05) is 16.8 Å². The zero-order valence-electron chi connectivity index (χ0n) is 27.3. The lowest BCUT2D eigenvalue weighted by Gasteiger charge is -2.29. The molecule has 1 heterocycles. The Morgan fingerprint density at radius 3 is 1.44 bits per heavy atom.